The molecular weight excluding hydrogens is 527 g/mol. The van der Waals surface area contributed by atoms with E-state index in [1.54, 1.807) is 0 Å². The zero-order valence-corrected chi connectivity index (χ0v) is 20.7. The molecule has 1 heterocycles. The number of alkyl halides is 3. The van der Waals surface area contributed by atoms with Gasteiger partial charge in [-0.3, -0.25) is 14.4 Å². The van der Waals surface area contributed by atoms with E-state index in [4.69, 9.17) is 4.74 Å². The van der Waals surface area contributed by atoms with Crippen LogP contribution >= 0.6 is 11.8 Å². The van der Waals surface area contributed by atoms with E-state index in [0.29, 0.717) is 17.3 Å². The number of methoxy groups -OCH3 is 2. The summed E-state index contributed by atoms with van der Waals surface area (Å²) in [6.07, 6.45) is -4.69. The average molecular weight is 548 g/mol. The number of nitrogens with one attached hydrogen (secondary N) is 2. The summed E-state index contributed by atoms with van der Waals surface area (Å²) in [5, 5.41) is 14.5. The number of para-hydroxylation sites is 1. The highest BCUT2D eigenvalue weighted by atomic mass is 32.2. The molecule has 0 bridgehead atoms. The summed E-state index contributed by atoms with van der Waals surface area (Å²) in [4.78, 5) is 49.6. The number of benzene rings is 2. The summed E-state index contributed by atoms with van der Waals surface area (Å²) in [5.74, 6) is -6.18. The smallest absolute Gasteiger partial charge is 0.418 e. The Balaban J connectivity index is 1.91. The van der Waals surface area contributed by atoms with Gasteiger partial charge in [0.2, 0.25) is 11.8 Å². The standard InChI is InChI=1S/C25H20F3N3O6S/c1-36-23(34)14-9-7-13(8-10-14)19-15(11-29)22(31-21(33)20(19)24(35)37-2)38-12-18(32)30-17-6-4-3-5-16(17)25(26,27)28/h3-10,19-20H,12H2,1-2H3,(H,30,32)(H,31,33)/t19-,20-/m1/s1. The van der Waals surface area contributed by atoms with Gasteiger partial charge in [0.05, 0.1) is 53.5 Å². The molecule has 0 aromatic heterocycles. The number of nitriles is 1. The molecule has 1 aliphatic rings. The third-order valence-corrected chi connectivity index (χ3v) is 6.55. The predicted molar refractivity (Wildman–Crippen MR) is 129 cm³/mol. The fraction of sp³-hybridized carbons (Fsp3) is 0.240. The quantitative estimate of drug-likeness (QED) is 0.397. The number of esters is 2. The first-order valence-electron chi connectivity index (χ1n) is 10.8. The van der Waals surface area contributed by atoms with E-state index in [0.717, 1.165) is 19.2 Å². The lowest BCUT2D eigenvalue weighted by molar-refractivity contribution is -0.150. The lowest BCUT2D eigenvalue weighted by Crippen LogP contribution is -2.44. The Bertz CT molecular complexity index is 1340. The molecule has 3 rings (SSSR count). The van der Waals surface area contributed by atoms with Crippen molar-refractivity contribution in [2.24, 2.45) is 5.92 Å². The molecule has 2 aromatic rings. The number of amides is 2. The van der Waals surface area contributed by atoms with Crippen LogP contribution in [0.5, 0.6) is 0 Å². The molecule has 2 atom stereocenters. The van der Waals surface area contributed by atoms with Gasteiger partial charge in [-0.1, -0.05) is 36.0 Å². The SMILES string of the molecule is COC(=O)c1ccc([C@@H]2C(C#N)=C(SCC(=O)Nc3ccccc3C(F)(F)F)NC(=O)[C@@H]2C(=O)OC)cc1. The Morgan fingerprint density at radius 1 is 1.08 bits per heavy atom. The summed E-state index contributed by atoms with van der Waals surface area (Å²) in [6.45, 7) is 0. The first kappa shape index (κ1) is 28.3. The number of carbonyl (C=O) groups is 4. The van der Waals surface area contributed by atoms with Gasteiger partial charge in [-0.25, -0.2) is 4.79 Å². The van der Waals surface area contributed by atoms with Gasteiger partial charge >= 0.3 is 18.1 Å². The van der Waals surface area contributed by atoms with Crippen LogP contribution in [-0.4, -0.2) is 43.7 Å². The molecule has 0 saturated carbocycles. The summed E-state index contributed by atoms with van der Waals surface area (Å²) >= 11 is 0.712. The number of rotatable bonds is 7. The maximum absolute atomic E-state index is 13.2. The molecule has 0 radical (unpaired) electrons. The molecule has 198 valence electrons. The Labute approximate surface area is 219 Å². The van der Waals surface area contributed by atoms with Crippen molar-refractivity contribution in [2.45, 2.75) is 12.1 Å². The first-order valence-corrected chi connectivity index (χ1v) is 11.8. The summed E-state index contributed by atoms with van der Waals surface area (Å²) < 4.78 is 49.1. The second-order valence-corrected chi connectivity index (χ2v) is 8.80. The monoisotopic (exact) mass is 547 g/mol. The van der Waals surface area contributed by atoms with Crippen LogP contribution in [0, 0.1) is 17.2 Å². The van der Waals surface area contributed by atoms with Crippen LogP contribution in [-0.2, 0) is 30.0 Å². The fourth-order valence-corrected chi connectivity index (χ4v) is 4.64. The highest BCUT2D eigenvalue weighted by Crippen LogP contribution is 2.40. The predicted octanol–water partition coefficient (Wildman–Crippen LogP) is 3.60. The number of ether oxygens (including phenoxy) is 2. The molecular formula is C25H20F3N3O6S. The number of nitrogens with zero attached hydrogens (tertiary/aromatic N) is 1. The Morgan fingerprint density at radius 3 is 2.32 bits per heavy atom. The van der Waals surface area contributed by atoms with Crippen LogP contribution in [0.2, 0.25) is 0 Å². The van der Waals surface area contributed by atoms with Crippen molar-refractivity contribution in [1.82, 2.24) is 5.32 Å². The van der Waals surface area contributed by atoms with Gasteiger partial charge in [0.15, 0.2) is 0 Å². The fourth-order valence-electron chi connectivity index (χ4n) is 3.79. The molecule has 0 aliphatic carbocycles. The molecule has 0 unspecified atom stereocenters. The molecule has 0 fully saturated rings. The maximum atomic E-state index is 13.2. The highest BCUT2D eigenvalue weighted by Gasteiger charge is 2.44. The van der Waals surface area contributed by atoms with Crippen LogP contribution < -0.4 is 10.6 Å². The first-order chi connectivity index (χ1) is 18.0. The topological polar surface area (TPSA) is 135 Å². The van der Waals surface area contributed by atoms with Gasteiger partial charge in [0, 0.05) is 5.92 Å². The molecule has 2 aromatic carbocycles. The molecule has 13 heteroatoms. The summed E-state index contributed by atoms with van der Waals surface area (Å²) in [7, 11) is 2.28. The van der Waals surface area contributed by atoms with Crippen LogP contribution in [0.1, 0.15) is 27.4 Å². The Kier molecular flexibility index (Phi) is 8.80. The number of halogens is 3. The van der Waals surface area contributed by atoms with E-state index in [9.17, 15) is 37.6 Å². The molecule has 0 saturated heterocycles. The van der Waals surface area contributed by atoms with E-state index in [2.05, 4.69) is 15.4 Å². The normalized spacial score (nSPS) is 17.2. The van der Waals surface area contributed by atoms with Crippen molar-refractivity contribution in [3.05, 3.63) is 75.8 Å². The van der Waals surface area contributed by atoms with E-state index in [1.165, 1.54) is 43.5 Å². The maximum Gasteiger partial charge on any atom is 0.418 e. The third-order valence-electron chi connectivity index (χ3n) is 5.53. The van der Waals surface area contributed by atoms with E-state index in [-0.39, 0.29) is 16.2 Å². The van der Waals surface area contributed by atoms with E-state index < -0.39 is 58.8 Å². The minimum absolute atomic E-state index is 0.0426. The molecule has 2 N–H and O–H groups in total. The van der Waals surface area contributed by atoms with Crippen molar-refractivity contribution >= 4 is 41.2 Å². The number of hydrogen-bond donors (Lipinski definition) is 2. The molecule has 38 heavy (non-hydrogen) atoms. The third kappa shape index (κ3) is 6.15. The second-order valence-electron chi connectivity index (χ2n) is 7.82. The summed E-state index contributed by atoms with van der Waals surface area (Å²) in [5.41, 5.74) is -1.01. The van der Waals surface area contributed by atoms with Crippen molar-refractivity contribution < 1.29 is 41.8 Å². The van der Waals surface area contributed by atoms with Crippen molar-refractivity contribution in [3.8, 4) is 6.07 Å². The number of thioether (sulfide) groups is 1. The van der Waals surface area contributed by atoms with Crippen molar-refractivity contribution in [3.63, 3.8) is 0 Å². The average Bonchev–Trinajstić information content (AvgIpc) is 2.90. The number of anilines is 1. The zero-order valence-electron chi connectivity index (χ0n) is 19.9. The zero-order chi connectivity index (χ0) is 28.0. The van der Waals surface area contributed by atoms with Crippen LogP contribution in [0.3, 0.4) is 0 Å². The van der Waals surface area contributed by atoms with Crippen LogP contribution in [0.15, 0.2) is 59.1 Å². The molecule has 2 amide bonds. The minimum Gasteiger partial charge on any atom is -0.468 e. The molecule has 0 spiro atoms. The number of carbonyl (C=O) groups excluding carboxylic acids is 4. The van der Waals surface area contributed by atoms with Gasteiger partial charge in [0.25, 0.3) is 0 Å². The van der Waals surface area contributed by atoms with Gasteiger partial charge in [0.1, 0.15) is 5.92 Å². The largest absolute Gasteiger partial charge is 0.468 e. The molecule has 1 aliphatic heterocycles. The van der Waals surface area contributed by atoms with Gasteiger partial charge in [-0.15, -0.1) is 0 Å². The van der Waals surface area contributed by atoms with Crippen molar-refractivity contribution in [2.75, 3.05) is 25.3 Å². The van der Waals surface area contributed by atoms with E-state index >= 15 is 0 Å². The highest BCUT2D eigenvalue weighted by molar-refractivity contribution is 8.03. The van der Waals surface area contributed by atoms with Crippen molar-refractivity contribution in [1.29, 1.82) is 5.26 Å². The van der Waals surface area contributed by atoms with E-state index in [1.807, 2.05) is 6.07 Å². The second kappa shape index (κ2) is 11.8. The lowest BCUT2D eigenvalue weighted by Gasteiger charge is -2.31. The lowest BCUT2D eigenvalue weighted by atomic mass is 9.78. The van der Waals surface area contributed by atoms with Gasteiger partial charge < -0.3 is 20.1 Å². The number of hydrogen-bond acceptors (Lipinski definition) is 8. The van der Waals surface area contributed by atoms with Crippen LogP contribution in [0.4, 0.5) is 18.9 Å². The Morgan fingerprint density at radius 2 is 1.74 bits per heavy atom. The Hall–Kier alpha value is -4.31. The summed E-state index contributed by atoms with van der Waals surface area (Å²) in [6, 6.07) is 12.1. The molecule has 9 nitrogen and oxygen atoms in total. The number of allylic oxidation sites excluding steroid dienone is 1. The van der Waals surface area contributed by atoms with Gasteiger partial charge in [-0.2, -0.15) is 18.4 Å². The minimum atomic E-state index is -4.69. The van der Waals surface area contributed by atoms with Gasteiger partial charge in [-0.05, 0) is 29.8 Å². The van der Waals surface area contributed by atoms with Crippen LogP contribution in [0.25, 0.3) is 0 Å².